The van der Waals surface area contributed by atoms with Crippen LogP contribution >= 0.6 is 0 Å². The van der Waals surface area contributed by atoms with E-state index in [-0.39, 0.29) is 18.1 Å². The van der Waals surface area contributed by atoms with E-state index in [2.05, 4.69) is 10.1 Å². The number of benzene rings is 1. The molecule has 0 aliphatic carbocycles. The standard InChI is InChI=1S/C17H20F2N2O4/c1-16(2,3)12(22)9-21-13(23)17(4,20-15(21)24)10-5-7-11(8-6-10)25-14(18)19/h5-8,14H,9H2,1-4H3,(H,20,24). The van der Waals surface area contributed by atoms with Gasteiger partial charge in [-0.15, -0.1) is 0 Å². The Morgan fingerprint density at radius 2 is 1.80 bits per heavy atom. The fraction of sp³-hybridized carbons (Fsp3) is 0.471. The third-order valence-electron chi connectivity index (χ3n) is 4.07. The molecular formula is C17H20F2N2O4. The third-order valence-corrected chi connectivity index (χ3v) is 4.07. The van der Waals surface area contributed by atoms with Crippen LogP contribution in [0.3, 0.4) is 0 Å². The van der Waals surface area contributed by atoms with E-state index >= 15 is 0 Å². The molecule has 0 spiro atoms. The number of amides is 3. The molecule has 6 nitrogen and oxygen atoms in total. The molecule has 3 amide bonds. The first-order valence-corrected chi connectivity index (χ1v) is 7.68. The van der Waals surface area contributed by atoms with Gasteiger partial charge in [0.05, 0.1) is 6.54 Å². The van der Waals surface area contributed by atoms with Gasteiger partial charge in [-0.2, -0.15) is 8.78 Å². The van der Waals surface area contributed by atoms with Crippen LogP contribution in [0.25, 0.3) is 0 Å². The van der Waals surface area contributed by atoms with E-state index in [1.165, 1.54) is 31.2 Å². The van der Waals surface area contributed by atoms with Gasteiger partial charge in [0.2, 0.25) is 0 Å². The maximum absolute atomic E-state index is 12.7. The summed E-state index contributed by atoms with van der Waals surface area (Å²) in [6.07, 6.45) is 0. The molecule has 2 rings (SSSR count). The number of urea groups is 1. The number of hydrogen-bond acceptors (Lipinski definition) is 4. The minimum atomic E-state index is -2.95. The maximum atomic E-state index is 12.7. The van der Waals surface area contributed by atoms with Gasteiger partial charge in [-0.3, -0.25) is 14.5 Å². The van der Waals surface area contributed by atoms with Crippen LogP contribution < -0.4 is 10.1 Å². The number of Topliss-reactive ketones (excluding diaryl/α,β-unsaturated/α-hetero) is 1. The van der Waals surface area contributed by atoms with Crippen LogP contribution in [0.5, 0.6) is 5.75 Å². The first kappa shape index (κ1) is 18.8. The molecule has 1 saturated heterocycles. The Hall–Kier alpha value is -2.51. The Labute approximate surface area is 144 Å². The molecule has 1 aliphatic heterocycles. The first-order chi connectivity index (χ1) is 11.4. The zero-order chi connectivity index (χ0) is 19.0. The zero-order valence-electron chi connectivity index (χ0n) is 14.4. The van der Waals surface area contributed by atoms with Crippen LogP contribution in [0.1, 0.15) is 33.3 Å². The SMILES string of the molecule is CC(C)(C)C(=O)CN1C(=O)NC(C)(c2ccc(OC(F)F)cc2)C1=O. The summed E-state index contributed by atoms with van der Waals surface area (Å²) < 4.78 is 28.7. The third kappa shape index (κ3) is 3.78. The molecule has 1 fully saturated rings. The highest BCUT2D eigenvalue weighted by molar-refractivity contribution is 6.09. The molecule has 1 aromatic rings. The highest BCUT2D eigenvalue weighted by atomic mass is 19.3. The number of alkyl halides is 2. The lowest BCUT2D eigenvalue weighted by molar-refractivity contribution is -0.136. The zero-order valence-corrected chi connectivity index (χ0v) is 14.4. The van der Waals surface area contributed by atoms with Crippen molar-refractivity contribution >= 4 is 17.7 Å². The molecule has 0 radical (unpaired) electrons. The summed E-state index contributed by atoms with van der Waals surface area (Å²) >= 11 is 0. The molecule has 136 valence electrons. The maximum Gasteiger partial charge on any atom is 0.387 e. The fourth-order valence-corrected chi connectivity index (χ4v) is 2.39. The number of nitrogens with zero attached hydrogens (tertiary/aromatic N) is 1. The van der Waals surface area contributed by atoms with Crippen molar-refractivity contribution in [3.63, 3.8) is 0 Å². The smallest absolute Gasteiger partial charge is 0.387 e. The number of carbonyl (C=O) groups excluding carboxylic acids is 3. The molecule has 1 aromatic carbocycles. The second kappa shape index (κ2) is 6.42. The van der Waals surface area contributed by atoms with E-state index in [1.54, 1.807) is 20.8 Å². The van der Waals surface area contributed by atoms with Crippen molar-refractivity contribution in [3.05, 3.63) is 29.8 Å². The number of ether oxygens (including phenoxy) is 1. The van der Waals surface area contributed by atoms with Gasteiger partial charge in [-0.25, -0.2) is 4.79 Å². The van der Waals surface area contributed by atoms with Gasteiger partial charge in [-0.05, 0) is 24.6 Å². The van der Waals surface area contributed by atoms with Gasteiger partial charge in [-0.1, -0.05) is 32.9 Å². The molecule has 1 atom stereocenters. The summed E-state index contributed by atoms with van der Waals surface area (Å²) in [5.41, 5.74) is -1.66. The molecule has 1 heterocycles. The second-order valence-corrected chi connectivity index (χ2v) is 7.02. The van der Waals surface area contributed by atoms with E-state index in [0.29, 0.717) is 5.56 Å². The van der Waals surface area contributed by atoms with Crippen LogP contribution in [-0.4, -0.2) is 35.8 Å². The quantitative estimate of drug-likeness (QED) is 0.825. The van der Waals surface area contributed by atoms with Crippen molar-refractivity contribution in [2.24, 2.45) is 5.41 Å². The number of rotatable bonds is 5. The lowest BCUT2D eigenvalue weighted by Gasteiger charge is -2.23. The van der Waals surface area contributed by atoms with Crippen molar-refractivity contribution in [1.82, 2.24) is 10.2 Å². The Morgan fingerprint density at radius 3 is 2.28 bits per heavy atom. The van der Waals surface area contributed by atoms with E-state index < -0.39 is 29.5 Å². The largest absolute Gasteiger partial charge is 0.435 e. The molecule has 0 aromatic heterocycles. The van der Waals surface area contributed by atoms with Gasteiger partial charge >= 0.3 is 12.6 Å². The molecule has 1 unspecified atom stereocenters. The van der Waals surface area contributed by atoms with E-state index in [9.17, 15) is 23.2 Å². The van der Waals surface area contributed by atoms with Crippen LogP contribution in [0, 0.1) is 5.41 Å². The minimum absolute atomic E-state index is 0.0566. The Kier molecular flexibility index (Phi) is 4.83. The second-order valence-electron chi connectivity index (χ2n) is 7.02. The summed E-state index contributed by atoms with van der Waals surface area (Å²) in [6.45, 7) is 3.33. The lowest BCUT2D eigenvalue weighted by Crippen LogP contribution is -2.42. The van der Waals surface area contributed by atoms with E-state index in [4.69, 9.17) is 0 Å². The van der Waals surface area contributed by atoms with E-state index in [1.807, 2.05) is 0 Å². The Bertz CT molecular complexity index is 698. The van der Waals surface area contributed by atoms with Crippen molar-refractivity contribution in [2.45, 2.75) is 39.8 Å². The highest BCUT2D eigenvalue weighted by Crippen LogP contribution is 2.31. The van der Waals surface area contributed by atoms with Crippen LogP contribution in [0.15, 0.2) is 24.3 Å². The van der Waals surface area contributed by atoms with Gasteiger partial charge < -0.3 is 10.1 Å². The Balaban J connectivity index is 2.23. The number of halogens is 2. The van der Waals surface area contributed by atoms with Crippen molar-refractivity contribution < 1.29 is 27.9 Å². The molecule has 8 heteroatoms. The average molecular weight is 354 g/mol. The van der Waals surface area contributed by atoms with Crippen molar-refractivity contribution in [2.75, 3.05) is 6.54 Å². The highest BCUT2D eigenvalue weighted by Gasteiger charge is 2.49. The van der Waals surface area contributed by atoms with E-state index in [0.717, 1.165) is 4.90 Å². The summed E-state index contributed by atoms with van der Waals surface area (Å²) in [4.78, 5) is 37.9. The first-order valence-electron chi connectivity index (χ1n) is 7.68. The summed E-state index contributed by atoms with van der Waals surface area (Å²) in [5, 5.41) is 2.56. The lowest BCUT2D eigenvalue weighted by atomic mass is 9.89. The number of nitrogens with one attached hydrogen (secondary N) is 1. The predicted molar refractivity (Wildman–Crippen MR) is 85.1 cm³/mol. The van der Waals surface area contributed by atoms with Gasteiger partial charge in [0.25, 0.3) is 5.91 Å². The Morgan fingerprint density at radius 1 is 1.24 bits per heavy atom. The summed E-state index contributed by atoms with van der Waals surface area (Å²) in [5.74, 6) is -0.877. The summed E-state index contributed by atoms with van der Waals surface area (Å²) in [7, 11) is 0. The minimum Gasteiger partial charge on any atom is -0.435 e. The van der Waals surface area contributed by atoms with Crippen molar-refractivity contribution in [1.29, 1.82) is 0 Å². The monoisotopic (exact) mass is 354 g/mol. The molecule has 0 bridgehead atoms. The predicted octanol–water partition coefficient (Wildman–Crippen LogP) is 2.67. The average Bonchev–Trinajstić information content (AvgIpc) is 2.70. The van der Waals surface area contributed by atoms with Crippen LogP contribution in [0.2, 0.25) is 0 Å². The molecule has 1 aliphatic rings. The van der Waals surface area contributed by atoms with Gasteiger partial charge in [0.1, 0.15) is 11.3 Å². The number of hydrogen-bond donors (Lipinski definition) is 1. The number of imide groups is 1. The van der Waals surface area contributed by atoms with Crippen LogP contribution in [0.4, 0.5) is 13.6 Å². The molecule has 0 saturated carbocycles. The number of ketones is 1. The number of carbonyl (C=O) groups is 3. The topological polar surface area (TPSA) is 75.7 Å². The molecule has 1 N–H and O–H groups in total. The normalized spacial score (nSPS) is 20.8. The van der Waals surface area contributed by atoms with Crippen molar-refractivity contribution in [3.8, 4) is 5.75 Å². The van der Waals surface area contributed by atoms with Gasteiger partial charge in [0, 0.05) is 5.41 Å². The summed E-state index contributed by atoms with van der Waals surface area (Å²) in [6, 6.07) is 4.75. The van der Waals surface area contributed by atoms with Gasteiger partial charge in [0.15, 0.2) is 5.78 Å². The molecular weight excluding hydrogens is 334 g/mol. The van der Waals surface area contributed by atoms with Crippen LogP contribution in [-0.2, 0) is 15.1 Å². The fourth-order valence-electron chi connectivity index (χ4n) is 2.39. The molecule has 25 heavy (non-hydrogen) atoms.